The Hall–Kier alpha value is -2.85. The molecule has 1 N–H and O–H groups in total. The Labute approximate surface area is 219 Å². The van der Waals surface area contributed by atoms with Crippen molar-refractivity contribution in [2.45, 2.75) is 70.7 Å². The number of aromatic nitrogens is 3. The smallest absolute Gasteiger partial charge is 0.341 e. The van der Waals surface area contributed by atoms with Crippen molar-refractivity contribution in [2.24, 2.45) is 0 Å². The molecule has 0 fully saturated rings. The number of nitrogens with one attached hydrogen (secondary N) is 1. The fraction of sp³-hybridized carbons (Fsp3) is 0.462. The van der Waals surface area contributed by atoms with Crippen molar-refractivity contribution in [3.8, 4) is 5.75 Å². The molecular weight excluding hydrogens is 496 g/mol. The molecule has 8 nitrogen and oxygen atoms in total. The van der Waals surface area contributed by atoms with E-state index in [1.165, 1.54) is 40.6 Å². The molecular formula is C26H32N4O4S2. The normalized spacial score (nSPS) is 13.7. The Kier molecular flexibility index (Phi) is 8.68. The zero-order chi connectivity index (χ0) is 25.7. The van der Waals surface area contributed by atoms with Crippen LogP contribution in [0.15, 0.2) is 29.4 Å². The van der Waals surface area contributed by atoms with Crippen LogP contribution in [-0.4, -0.2) is 39.5 Å². The Morgan fingerprint density at radius 1 is 1.17 bits per heavy atom. The predicted molar refractivity (Wildman–Crippen MR) is 142 cm³/mol. The summed E-state index contributed by atoms with van der Waals surface area (Å²) in [4.78, 5) is 26.4. The largest absolute Gasteiger partial charge is 0.483 e. The van der Waals surface area contributed by atoms with Crippen LogP contribution in [-0.2, 0) is 35.3 Å². The molecule has 36 heavy (non-hydrogen) atoms. The van der Waals surface area contributed by atoms with Crippen LogP contribution in [0.5, 0.6) is 5.75 Å². The third-order valence-corrected chi connectivity index (χ3v) is 8.39. The van der Waals surface area contributed by atoms with E-state index in [-0.39, 0.29) is 17.8 Å². The zero-order valence-electron chi connectivity index (χ0n) is 21.1. The number of aryl methyl sites for hydroxylation is 2. The number of nitrogens with zero attached hydrogens (tertiary/aromatic N) is 3. The van der Waals surface area contributed by atoms with Crippen LogP contribution >= 0.6 is 23.1 Å². The molecule has 1 unspecified atom stereocenters. The van der Waals surface area contributed by atoms with Gasteiger partial charge in [0.1, 0.15) is 10.8 Å². The summed E-state index contributed by atoms with van der Waals surface area (Å²) in [6, 6.07) is 8.05. The summed E-state index contributed by atoms with van der Waals surface area (Å²) >= 11 is 2.80. The van der Waals surface area contributed by atoms with Crippen molar-refractivity contribution in [3.63, 3.8) is 0 Å². The van der Waals surface area contributed by atoms with Crippen LogP contribution in [0.3, 0.4) is 0 Å². The molecule has 0 saturated heterocycles. The topological polar surface area (TPSA) is 95.3 Å². The summed E-state index contributed by atoms with van der Waals surface area (Å²) in [5, 5.41) is 12.8. The second-order valence-corrected chi connectivity index (χ2v) is 10.6. The van der Waals surface area contributed by atoms with E-state index >= 15 is 0 Å². The first kappa shape index (κ1) is 26.2. The maximum atomic E-state index is 12.8. The Balaban J connectivity index is 1.41. The van der Waals surface area contributed by atoms with Crippen LogP contribution in [0.1, 0.15) is 71.9 Å². The Morgan fingerprint density at radius 2 is 1.92 bits per heavy atom. The predicted octanol–water partition coefficient (Wildman–Crippen LogP) is 5.46. The quantitative estimate of drug-likeness (QED) is 0.276. The summed E-state index contributed by atoms with van der Waals surface area (Å²) in [6.07, 6.45) is 4.59. The molecule has 0 aliphatic heterocycles. The summed E-state index contributed by atoms with van der Waals surface area (Å²) < 4.78 is 13.1. The first-order valence-corrected chi connectivity index (χ1v) is 14.1. The van der Waals surface area contributed by atoms with Crippen LogP contribution in [0, 0.1) is 0 Å². The van der Waals surface area contributed by atoms with Crippen molar-refractivity contribution >= 4 is 40.0 Å². The lowest BCUT2D eigenvalue weighted by molar-refractivity contribution is -0.113. The fourth-order valence-corrected chi connectivity index (χ4v) is 6.43. The third-order valence-electron chi connectivity index (χ3n) is 6.22. The Bertz CT molecular complexity index is 1220. The zero-order valence-corrected chi connectivity index (χ0v) is 22.8. The monoisotopic (exact) mass is 528 g/mol. The number of hydrogen-bond acceptors (Lipinski definition) is 8. The molecule has 1 atom stereocenters. The number of esters is 1. The molecule has 2 heterocycles. The van der Waals surface area contributed by atoms with Gasteiger partial charge >= 0.3 is 5.97 Å². The Morgan fingerprint density at radius 3 is 2.61 bits per heavy atom. The van der Waals surface area contributed by atoms with Gasteiger partial charge in [-0.25, -0.2) is 4.79 Å². The number of methoxy groups -OCH3 is 1. The van der Waals surface area contributed by atoms with E-state index < -0.39 is 5.97 Å². The molecule has 0 saturated carbocycles. The highest BCUT2D eigenvalue weighted by Crippen LogP contribution is 2.38. The first-order chi connectivity index (χ1) is 17.4. The van der Waals surface area contributed by atoms with E-state index in [4.69, 9.17) is 9.47 Å². The maximum absolute atomic E-state index is 12.8. The van der Waals surface area contributed by atoms with Crippen molar-refractivity contribution in [3.05, 3.63) is 51.7 Å². The molecule has 0 spiro atoms. The van der Waals surface area contributed by atoms with Gasteiger partial charge in [0, 0.05) is 11.4 Å². The van der Waals surface area contributed by atoms with Gasteiger partial charge in [0.2, 0.25) is 5.91 Å². The number of ether oxygens (including phenoxy) is 2. The highest BCUT2D eigenvalue weighted by atomic mass is 32.2. The molecule has 4 rings (SSSR count). The van der Waals surface area contributed by atoms with Crippen molar-refractivity contribution in [1.82, 2.24) is 14.8 Å². The first-order valence-electron chi connectivity index (χ1n) is 12.3. The minimum Gasteiger partial charge on any atom is -0.483 e. The molecule has 3 aromatic rings. The molecule has 1 aromatic carbocycles. The van der Waals surface area contributed by atoms with Gasteiger partial charge < -0.3 is 19.4 Å². The van der Waals surface area contributed by atoms with Crippen LogP contribution in [0.2, 0.25) is 0 Å². The number of anilines is 1. The van der Waals surface area contributed by atoms with E-state index in [1.54, 1.807) is 0 Å². The van der Waals surface area contributed by atoms with Gasteiger partial charge in [0.25, 0.3) is 0 Å². The van der Waals surface area contributed by atoms with Gasteiger partial charge in [-0.1, -0.05) is 30.8 Å². The number of benzene rings is 1. The average Bonchev–Trinajstić information content (AvgIpc) is 3.48. The number of thioether (sulfide) groups is 1. The standard InChI is InChI=1S/C26H32N4O4S2/c1-5-17-11-13-18(14-12-17)34-16(3)23-28-29-26(30(23)6-2)35-15-21(31)27-24-22(25(32)33-4)19-9-7-8-10-20(19)36-24/h11-14,16H,5-10,15H2,1-4H3,(H,27,31). The number of amides is 1. The van der Waals surface area contributed by atoms with Crippen LogP contribution < -0.4 is 10.1 Å². The fourth-order valence-electron chi connectivity index (χ4n) is 4.33. The number of carbonyl (C=O) groups is 2. The molecule has 1 amide bonds. The van der Waals surface area contributed by atoms with Crippen LogP contribution in [0.4, 0.5) is 5.00 Å². The number of fused-ring (bicyclic) bond motifs is 1. The molecule has 0 radical (unpaired) electrons. The summed E-state index contributed by atoms with van der Waals surface area (Å²) in [6.45, 7) is 6.73. The lowest BCUT2D eigenvalue weighted by Crippen LogP contribution is -2.17. The van der Waals surface area contributed by atoms with E-state index in [0.29, 0.717) is 28.1 Å². The van der Waals surface area contributed by atoms with Gasteiger partial charge in [0.15, 0.2) is 17.1 Å². The van der Waals surface area contributed by atoms with E-state index in [2.05, 4.69) is 34.6 Å². The van der Waals surface area contributed by atoms with E-state index in [9.17, 15) is 9.59 Å². The summed E-state index contributed by atoms with van der Waals surface area (Å²) in [5.74, 6) is 1.04. The molecule has 10 heteroatoms. The second-order valence-electron chi connectivity index (χ2n) is 8.59. The minimum atomic E-state index is -0.397. The third kappa shape index (κ3) is 5.75. The average molecular weight is 529 g/mol. The molecule has 1 aliphatic carbocycles. The molecule has 0 bridgehead atoms. The molecule has 2 aromatic heterocycles. The van der Waals surface area contributed by atoms with E-state index in [0.717, 1.165) is 43.4 Å². The van der Waals surface area contributed by atoms with Crippen molar-refractivity contribution < 1.29 is 19.1 Å². The van der Waals surface area contributed by atoms with Gasteiger partial charge in [0.05, 0.1) is 18.4 Å². The number of rotatable bonds is 10. The van der Waals surface area contributed by atoms with Gasteiger partial charge in [-0.3, -0.25) is 4.79 Å². The lowest BCUT2D eigenvalue weighted by atomic mass is 9.95. The number of hydrogen-bond donors (Lipinski definition) is 1. The second kappa shape index (κ2) is 11.9. The van der Waals surface area contributed by atoms with Crippen LogP contribution in [0.25, 0.3) is 0 Å². The van der Waals surface area contributed by atoms with Crippen molar-refractivity contribution in [1.29, 1.82) is 0 Å². The molecule has 1 aliphatic rings. The lowest BCUT2D eigenvalue weighted by Gasteiger charge is -2.16. The van der Waals surface area contributed by atoms with Gasteiger partial charge in [-0.15, -0.1) is 21.5 Å². The molecule has 192 valence electrons. The number of carbonyl (C=O) groups excluding carboxylic acids is 2. The number of thiophene rings is 1. The summed E-state index contributed by atoms with van der Waals surface area (Å²) in [7, 11) is 1.37. The highest BCUT2D eigenvalue weighted by molar-refractivity contribution is 7.99. The van der Waals surface area contributed by atoms with Gasteiger partial charge in [-0.2, -0.15) is 0 Å². The maximum Gasteiger partial charge on any atom is 0.341 e. The summed E-state index contributed by atoms with van der Waals surface area (Å²) in [5.41, 5.74) is 2.78. The van der Waals surface area contributed by atoms with E-state index in [1.807, 2.05) is 30.5 Å². The minimum absolute atomic E-state index is 0.148. The van der Waals surface area contributed by atoms with Crippen molar-refractivity contribution in [2.75, 3.05) is 18.2 Å². The van der Waals surface area contributed by atoms with Gasteiger partial charge in [-0.05, 0) is 69.2 Å². The SMILES string of the molecule is CCc1ccc(OC(C)c2nnc(SCC(=O)Nc3sc4c(c3C(=O)OC)CCCC4)n2CC)cc1. The highest BCUT2D eigenvalue weighted by Gasteiger charge is 2.27.